The minimum Gasteiger partial charge on any atom is -0.296 e. The van der Waals surface area contributed by atoms with Gasteiger partial charge in [-0.2, -0.15) is 14.6 Å². The summed E-state index contributed by atoms with van der Waals surface area (Å²) in [5.74, 6) is -0.685. The minimum absolute atomic E-state index is 0.0150. The first-order valence-corrected chi connectivity index (χ1v) is 10.1. The molecule has 7 nitrogen and oxygen atoms in total. The van der Waals surface area contributed by atoms with E-state index in [1.54, 1.807) is 24.3 Å². The Labute approximate surface area is 157 Å². The molecule has 10 heteroatoms. The van der Waals surface area contributed by atoms with Gasteiger partial charge in [-0.05, 0) is 37.6 Å². The molecule has 0 aliphatic heterocycles. The van der Waals surface area contributed by atoms with E-state index in [1.165, 1.54) is 19.9 Å². The molecule has 1 heterocycles. The zero-order valence-corrected chi connectivity index (χ0v) is 16.4. The Morgan fingerprint density at radius 2 is 2.00 bits per heavy atom. The molecule has 2 aromatic rings. The van der Waals surface area contributed by atoms with Crippen molar-refractivity contribution in [2.24, 2.45) is 0 Å². The number of sulfone groups is 1. The highest BCUT2D eigenvalue weighted by Crippen LogP contribution is 2.19. The van der Waals surface area contributed by atoms with E-state index in [4.69, 9.17) is 0 Å². The van der Waals surface area contributed by atoms with Crippen molar-refractivity contribution < 1.29 is 13.2 Å². The number of carbonyl (C=O) groups is 1. The number of amides is 1. The van der Waals surface area contributed by atoms with Crippen LogP contribution in [0, 0.1) is 11.3 Å². The molecule has 0 spiro atoms. The summed E-state index contributed by atoms with van der Waals surface area (Å²) in [4.78, 5) is 16.0. The van der Waals surface area contributed by atoms with Crippen molar-refractivity contribution in [3.63, 3.8) is 0 Å². The Bertz CT molecular complexity index is 957. The molecule has 1 N–H and O–H groups in total. The third kappa shape index (κ3) is 4.72. The number of carbonyl (C=O) groups excluding carboxylic acids is 1. The van der Waals surface area contributed by atoms with E-state index in [9.17, 15) is 18.5 Å². The molecule has 1 amide bonds. The van der Waals surface area contributed by atoms with Crippen molar-refractivity contribution in [1.29, 1.82) is 5.26 Å². The standard InChI is InChI=1S/C15H13BrN4O3S2/c1-9(2)25(22,23)15-19-14(24-20-15)18-13(21)11(8-17)7-10-3-5-12(16)6-4-10/h3-7,9H,1-2H3,(H,18,19,20,21)/b11-7-. The van der Waals surface area contributed by atoms with Crippen molar-refractivity contribution in [2.75, 3.05) is 5.32 Å². The zero-order valence-electron chi connectivity index (χ0n) is 13.2. The molecule has 130 valence electrons. The van der Waals surface area contributed by atoms with Crippen LogP contribution < -0.4 is 5.32 Å². The second kappa shape index (κ2) is 7.86. The number of nitrogens with zero attached hydrogens (tertiary/aromatic N) is 3. The Kier molecular flexibility index (Phi) is 6.05. The van der Waals surface area contributed by atoms with E-state index in [1.807, 2.05) is 6.07 Å². The van der Waals surface area contributed by atoms with Gasteiger partial charge in [0.15, 0.2) is 0 Å². The Hall–Kier alpha value is -2.09. The van der Waals surface area contributed by atoms with Crippen molar-refractivity contribution in [1.82, 2.24) is 9.36 Å². The lowest BCUT2D eigenvalue weighted by Crippen LogP contribution is -2.16. The Morgan fingerprint density at radius 3 is 2.56 bits per heavy atom. The van der Waals surface area contributed by atoms with Crippen LogP contribution in [-0.2, 0) is 14.6 Å². The van der Waals surface area contributed by atoms with Gasteiger partial charge in [0.25, 0.3) is 11.1 Å². The maximum Gasteiger partial charge on any atom is 0.268 e. The van der Waals surface area contributed by atoms with Crippen molar-refractivity contribution in [2.45, 2.75) is 24.3 Å². The molecule has 1 aromatic heterocycles. The van der Waals surface area contributed by atoms with Crippen molar-refractivity contribution >= 4 is 54.4 Å². The topological polar surface area (TPSA) is 113 Å². The van der Waals surface area contributed by atoms with Crippen LogP contribution in [0.15, 0.2) is 39.5 Å². The first-order chi connectivity index (χ1) is 11.7. The van der Waals surface area contributed by atoms with Crippen LogP contribution in [0.3, 0.4) is 0 Å². The molecule has 0 fully saturated rings. The summed E-state index contributed by atoms with van der Waals surface area (Å²) in [5, 5.41) is 10.6. The average molecular weight is 441 g/mol. The smallest absolute Gasteiger partial charge is 0.268 e. The van der Waals surface area contributed by atoms with Crippen molar-refractivity contribution in [3.05, 3.63) is 39.9 Å². The second-order valence-electron chi connectivity index (χ2n) is 5.15. The van der Waals surface area contributed by atoms with Gasteiger partial charge in [-0.1, -0.05) is 28.1 Å². The SMILES string of the molecule is CC(C)S(=O)(=O)c1nsc(NC(=O)/C(C#N)=C\c2ccc(Br)cc2)n1. The second-order valence-corrected chi connectivity index (χ2v) is 9.22. The molecule has 0 bridgehead atoms. The number of nitrogens with one attached hydrogen (secondary N) is 1. The summed E-state index contributed by atoms with van der Waals surface area (Å²) in [6.07, 6.45) is 1.43. The molecule has 25 heavy (non-hydrogen) atoms. The lowest BCUT2D eigenvalue weighted by molar-refractivity contribution is -0.112. The molecule has 0 unspecified atom stereocenters. The number of halogens is 1. The maximum absolute atomic E-state index is 12.2. The highest BCUT2D eigenvalue weighted by Gasteiger charge is 2.25. The zero-order chi connectivity index (χ0) is 18.6. The van der Waals surface area contributed by atoms with E-state index in [0.717, 1.165) is 16.0 Å². The summed E-state index contributed by atoms with van der Waals surface area (Å²) in [7, 11) is -3.62. The maximum atomic E-state index is 12.2. The van der Waals surface area contributed by atoms with Crippen molar-refractivity contribution in [3.8, 4) is 6.07 Å². The van der Waals surface area contributed by atoms with Crippen LogP contribution in [0.1, 0.15) is 19.4 Å². The number of rotatable bonds is 5. The third-order valence-corrected chi connectivity index (χ3v) is 6.26. The van der Waals surface area contributed by atoms with Gasteiger partial charge in [0, 0.05) is 16.0 Å². The number of anilines is 1. The molecule has 0 aliphatic carbocycles. The monoisotopic (exact) mass is 440 g/mol. The fraction of sp³-hybridized carbons (Fsp3) is 0.200. The molecular weight excluding hydrogens is 428 g/mol. The molecule has 1 aromatic carbocycles. The summed E-state index contributed by atoms with van der Waals surface area (Å²) in [5.41, 5.74) is 0.543. The van der Waals surface area contributed by atoms with Gasteiger partial charge in [-0.3, -0.25) is 10.1 Å². The van der Waals surface area contributed by atoms with Gasteiger partial charge in [0.05, 0.1) is 5.25 Å². The van der Waals surface area contributed by atoms with Crippen LogP contribution in [0.5, 0.6) is 0 Å². The minimum atomic E-state index is -3.62. The largest absolute Gasteiger partial charge is 0.296 e. The van der Waals surface area contributed by atoms with Gasteiger partial charge in [-0.15, -0.1) is 0 Å². The number of benzene rings is 1. The summed E-state index contributed by atoms with van der Waals surface area (Å²) in [6, 6.07) is 8.87. The fourth-order valence-electron chi connectivity index (χ4n) is 1.63. The highest BCUT2D eigenvalue weighted by atomic mass is 79.9. The van der Waals surface area contributed by atoms with Crippen LogP contribution >= 0.6 is 27.5 Å². The quantitative estimate of drug-likeness (QED) is 0.564. The predicted molar refractivity (Wildman–Crippen MR) is 98.6 cm³/mol. The van der Waals surface area contributed by atoms with Gasteiger partial charge >= 0.3 is 0 Å². The number of nitriles is 1. The van der Waals surface area contributed by atoms with E-state index in [0.29, 0.717) is 5.56 Å². The molecule has 2 rings (SSSR count). The van der Waals surface area contributed by atoms with Crippen LogP contribution in [0.2, 0.25) is 0 Å². The number of hydrogen-bond acceptors (Lipinski definition) is 7. The van der Waals surface area contributed by atoms with E-state index >= 15 is 0 Å². The first kappa shape index (κ1) is 19.2. The Morgan fingerprint density at radius 1 is 1.36 bits per heavy atom. The molecular formula is C15H13BrN4O3S2. The molecule has 0 saturated heterocycles. The van der Waals surface area contributed by atoms with Crippen LogP contribution in [0.4, 0.5) is 5.13 Å². The number of hydrogen-bond donors (Lipinski definition) is 1. The molecule has 0 atom stereocenters. The predicted octanol–water partition coefficient (Wildman–Crippen LogP) is 3.03. The lowest BCUT2D eigenvalue weighted by Gasteiger charge is -2.02. The van der Waals surface area contributed by atoms with Crippen LogP contribution in [0.25, 0.3) is 6.08 Å². The van der Waals surface area contributed by atoms with E-state index < -0.39 is 21.0 Å². The average Bonchev–Trinajstić information content (AvgIpc) is 3.03. The van der Waals surface area contributed by atoms with E-state index in [-0.39, 0.29) is 15.9 Å². The van der Waals surface area contributed by atoms with Gasteiger partial charge < -0.3 is 0 Å². The fourth-order valence-corrected chi connectivity index (χ4v) is 3.59. The molecule has 0 saturated carbocycles. The first-order valence-electron chi connectivity index (χ1n) is 7.00. The van der Waals surface area contributed by atoms with Crippen LogP contribution in [-0.4, -0.2) is 28.9 Å². The molecule has 0 radical (unpaired) electrons. The molecule has 0 aliphatic rings. The summed E-state index contributed by atoms with van der Waals surface area (Å²) >= 11 is 4.05. The number of aromatic nitrogens is 2. The lowest BCUT2D eigenvalue weighted by atomic mass is 10.1. The Balaban J connectivity index is 2.20. The normalized spacial score (nSPS) is 12.0. The van der Waals surface area contributed by atoms with E-state index in [2.05, 4.69) is 30.6 Å². The van der Waals surface area contributed by atoms with Gasteiger partial charge in [0.1, 0.15) is 11.6 Å². The van der Waals surface area contributed by atoms with Gasteiger partial charge in [0.2, 0.25) is 15.0 Å². The third-order valence-electron chi connectivity index (χ3n) is 3.05. The van der Waals surface area contributed by atoms with Gasteiger partial charge in [-0.25, -0.2) is 8.42 Å². The summed E-state index contributed by atoms with van der Waals surface area (Å²) in [6.45, 7) is 3.03. The highest BCUT2D eigenvalue weighted by molar-refractivity contribution is 9.10. The summed E-state index contributed by atoms with van der Waals surface area (Å²) < 4.78 is 28.6.